The van der Waals surface area contributed by atoms with Crippen LogP contribution in [-0.2, 0) is 13.5 Å². The first-order valence-corrected chi connectivity index (χ1v) is 10.7. The Morgan fingerprint density at radius 2 is 1.90 bits per heavy atom. The highest BCUT2D eigenvalue weighted by Gasteiger charge is 2.13. The third kappa shape index (κ3) is 4.40. The first-order chi connectivity index (χ1) is 15.3. The lowest BCUT2D eigenvalue weighted by Gasteiger charge is -2.27. The molecule has 0 aliphatic carbocycles. The molecule has 0 saturated carbocycles. The van der Waals surface area contributed by atoms with Gasteiger partial charge in [-0.05, 0) is 36.2 Å². The van der Waals surface area contributed by atoms with Crippen LogP contribution < -0.4 is 10.6 Å². The average Bonchev–Trinajstić information content (AvgIpc) is 3.15. The predicted octanol–water partition coefficient (Wildman–Crippen LogP) is 2.62. The minimum atomic E-state index is 0.566. The first kappa shape index (κ1) is 19.6. The van der Waals surface area contributed by atoms with Crippen LogP contribution in [0.2, 0.25) is 0 Å². The molecule has 0 atom stereocenters. The Hall–Kier alpha value is -3.36. The second kappa shape index (κ2) is 8.79. The lowest BCUT2D eigenvalue weighted by atomic mass is 10.1. The van der Waals surface area contributed by atoms with E-state index in [1.54, 1.807) is 18.6 Å². The molecule has 2 N–H and O–H groups in total. The molecule has 4 aromatic rings. The summed E-state index contributed by atoms with van der Waals surface area (Å²) < 4.78 is 1.99. The molecular weight excluding hydrogens is 388 g/mol. The topological polar surface area (TPSA) is 83.8 Å². The van der Waals surface area contributed by atoms with Crippen LogP contribution in [-0.4, -0.2) is 62.1 Å². The molecule has 5 rings (SSSR count). The van der Waals surface area contributed by atoms with E-state index >= 15 is 0 Å². The minimum absolute atomic E-state index is 0.566. The van der Waals surface area contributed by atoms with Crippen molar-refractivity contribution in [3.63, 3.8) is 0 Å². The molecule has 1 fully saturated rings. The molecule has 0 bridgehead atoms. The average molecular weight is 415 g/mol. The van der Waals surface area contributed by atoms with E-state index in [9.17, 15) is 0 Å². The molecule has 4 heterocycles. The second-order valence-corrected chi connectivity index (χ2v) is 7.80. The van der Waals surface area contributed by atoms with E-state index < -0.39 is 0 Å². The van der Waals surface area contributed by atoms with Crippen LogP contribution in [0.15, 0.2) is 55.0 Å². The van der Waals surface area contributed by atoms with Gasteiger partial charge in [-0.1, -0.05) is 12.1 Å². The third-order valence-electron chi connectivity index (χ3n) is 5.66. The zero-order valence-corrected chi connectivity index (χ0v) is 17.6. The van der Waals surface area contributed by atoms with Gasteiger partial charge in [-0.2, -0.15) is 4.98 Å². The maximum atomic E-state index is 4.71. The Morgan fingerprint density at radius 1 is 1.06 bits per heavy atom. The van der Waals surface area contributed by atoms with Gasteiger partial charge in [0, 0.05) is 63.4 Å². The van der Waals surface area contributed by atoms with Gasteiger partial charge in [0.1, 0.15) is 11.3 Å². The van der Waals surface area contributed by atoms with E-state index in [0.717, 1.165) is 67.4 Å². The number of anilines is 2. The Labute approximate surface area is 181 Å². The van der Waals surface area contributed by atoms with Crippen molar-refractivity contribution in [1.82, 2.24) is 34.7 Å². The van der Waals surface area contributed by atoms with Gasteiger partial charge >= 0.3 is 0 Å². The van der Waals surface area contributed by atoms with Crippen molar-refractivity contribution >= 4 is 22.8 Å². The van der Waals surface area contributed by atoms with Crippen LogP contribution in [0, 0.1) is 0 Å². The number of aryl methyl sites for hydroxylation is 1. The van der Waals surface area contributed by atoms with Gasteiger partial charge in [0.2, 0.25) is 5.95 Å². The largest absolute Gasteiger partial charge is 0.324 e. The van der Waals surface area contributed by atoms with Gasteiger partial charge in [-0.15, -0.1) is 0 Å². The second-order valence-electron chi connectivity index (χ2n) is 7.80. The van der Waals surface area contributed by atoms with Gasteiger partial charge in [0.15, 0.2) is 5.65 Å². The van der Waals surface area contributed by atoms with Crippen molar-refractivity contribution in [2.75, 3.05) is 38.0 Å². The van der Waals surface area contributed by atoms with Gasteiger partial charge in [-0.3, -0.25) is 4.98 Å². The van der Waals surface area contributed by atoms with E-state index in [1.807, 2.05) is 29.8 Å². The van der Waals surface area contributed by atoms with E-state index in [-0.39, 0.29) is 0 Å². The Kier molecular flexibility index (Phi) is 5.56. The first-order valence-electron chi connectivity index (χ1n) is 10.7. The molecule has 1 saturated heterocycles. The quantitative estimate of drug-likeness (QED) is 0.502. The normalized spacial score (nSPS) is 14.7. The Morgan fingerprint density at radius 3 is 2.74 bits per heavy atom. The smallest absolute Gasteiger partial charge is 0.229 e. The molecule has 158 valence electrons. The maximum absolute atomic E-state index is 4.71. The number of benzene rings is 1. The molecule has 0 unspecified atom stereocenters. The molecule has 31 heavy (non-hydrogen) atoms. The number of pyridine rings is 1. The number of hydrogen-bond donors (Lipinski definition) is 2. The number of rotatable bonds is 6. The summed E-state index contributed by atoms with van der Waals surface area (Å²) in [5, 5.41) is 6.76. The molecule has 8 nitrogen and oxygen atoms in total. The number of fused-ring (bicyclic) bond motifs is 1. The van der Waals surface area contributed by atoms with E-state index in [4.69, 9.17) is 4.98 Å². The molecule has 8 heteroatoms. The molecular formula is C23H26N8. The summed E-state index contributed by atoms with van der Waals surface area (Å²) in [5.41, 5.74) is 4.87. The SMILES string of the molecule is Cn1c(-c2ccncc2)nc2cnc(Nc3cccc(CCN4CCNCC4)c3)nc21. The van der Waals surface area contributed by atoms with Crippen molar-refractivity contribution in [3.05, 3.63) is 60.6 Å². The lowest BCUT2D eigenvalue weighted by molar-refractivity contribution is 0.244. The molecule has 3 aromatic heterocycles. The standard InChI is InChI=1S/C23H26N8/c1-30-21(18-5-8-24-9-6-18)28-20-16-26-23(29-22(20)30)27-19-4-2-3-17(15-19)7-12-31-13-10-25-11-14-31/h2-6,8-9,15-16,25H,7,10-14H2,1H3,(H,26,27,29). The van der Waals surface area contributed by atoms with E-state index in [0.29, 0.717) is 5.95 Å². The lowest BCUT2D eigenvalue weighted by Crippen LogP contribution is -2.44. The summed E-state index contributed by atoms with van der Waals surface area (Å²) in [5.74, 6) is 1.41. The minimum Gasteiger partial charge on any atom is -0.324 e. The summed E-state index contributed by atoms with van der Waals surface area (Å²) in [4.78, 5) is 20.5. The number of nitrogens with one attached hydrogen (secondary N) is 2. The van der Waals surface area contributed by atoms with Crippen LogP contribution in [0.1, 0.15) is 5.56 Å². The highest BCUT2D eigenvalue weighted by atomic mass is 15.2. The number of imidazole rings is 1. The molecule has 1 aliphatic heterocycles. The summed E-state index contributed by atoms with van der Waals surface area (Å²) in [6.45, 7) is 5.49. The van der Waals surface area contributed by atoms with Gasteiger partial charge in [0.25, 0.3) is 0 Å². The van der Waals surface area contributed by atoms with Crippen molar-refractivity contribution in [2.24, 2.45) is 7.05 Å². The zero-order chi connectivity index (χ0) is 21.0. The van der Waals surface area contributed by atoms with Crippen molar-refractivity contribution in [1.29, 1.82) is 0 Å². The highest BCUT2D eigenvalue weighted by Crippen LogP contribution is 2.23. The maximum Gasteiger partial charge on any atom is 0.229 e. The van der Waals surface area contributed by atoms with Crippen LogP contribution in [0.4, 0.5) is 11.6 Å². The number of aromatic nitrogens is 5. The molecule has 0 radical (unpaired) electrons. The van der Waals surface area contributed by atoms with Crippen LogP contribution >= 0.6 is 0 Å². The third-order valence-corrected chi connectivity index (χ3v) is 5.66. The van der Waals surface area contributed by atoms with E-state index in [1.165, 1.54) is 5.56 Å². The van der Waals surface area contributed by atoms with Crippen LogP contribution in [0.5, 0.6) is 0 Å². The summed E-state index contributed by atoms with van der Waals surface area (Å²) in [6, 6.07) is 12.4. The monoisotopic (exact) mass is 414 g/mol. The van der Waals surface area contributed by atoms with E-state index in [2.05, 4.69) is 48.7 Å². The highest BCUT2D eigenvalue weighted by molar-refractivity contribution is 5.77. The van der Waals surface area contributed by atoms with Crippen LogP contribution in [0.25, 0.3) is 22.6 Å². The Bertz CT molecular complexity index is 1160. The van der Waals surface area contributed by atoms with Crippen molar-refractivity contribution in [2.45, 2.75) is 6.42 Å². The zero-order valence-electron chi connectivity index (χ0n) is 17.6. The number of piperazine rings is 1. The molecule has 1 aliphatic rings. The summed E-state index contributed by atoms with van der Waals surface area (Å²) >= 11 is 0. The fraction of sp³-hybridized carbons (Fsp3) is 0.304. The van der Waals surface area contributed by atoms with Crippen molar-refractivity contribution in [3.8, 4) is 11.4 Å². The fourth-order valence-corrected chi connectivity index (χ4v) is 3.96. The number of nitrogens with zero attached hydrogens (tertiary/aromatic N) is 6. The molecule has 1 aromatic carbocycles. The van der Waals surface area contributed by atoms with Gasteiger partial charge < -0.3 is 20.1 Å². The van der Waals surface area contributed by atoms with Crippen molar-refractivity contribution < 1.29 is 0 Å². The summed E-state index contributed by atoms with van der Waals surface area (Å²) in [7, 11) is 1.97. The fourth-order valence-electron chi connectivity index (χ4n) is 3.96. The Balaban J connectivity index is 1.33. The van der Waals surface area contributed by atoms with Crippen LogP contribution in [0.3, 0.4) is 0 Å². The number of hydrogen-bond acceptors (Lipinski definition) is 7. The van der Waals surface area contributed by atoms with Gasteiger partial charge in [0.05, 0.1) is 6.20 Å². The molecule has 0 amide bonds. The molecule has 0 spiro atoms. The predicted molar refractivity (Wildman–Crippen MR) is 122 cm³/mol. The van der Waals surface area contributed by atoms with Gasteiger partial charge in [-0.25, -0.2) is 9.97 Å². The summed E-state index contributed by atoms with van der Waals surface area (Å²) in [6.07, 6.45) is 6.33.